The van der Waals surface area contributed by atoms with Gasteiger partial charge in [-0.05, 0) is 49.4 Å². The van der Waals surface area contributed by atoms with Crippen LogP contribution in [0, 0.1) is 0 Å². The van der Waals surface area contributed by atoms with Gasteiger partial charge < -0.3 is 0 Å². The number of anilines is 1. The Hall–Kier alpha value is -3.20. The van der Waals surface area contributed by atoms with Crippen LogP contribution in [-0.2, 0) is 16.6 Å². The third-order valence-corrected chi connectivity index (χ3v) is 7.30. The van der Waals surface area contributed by atoms with Crippen LogP contribution in [0.25, 0.3) is 27.9 Å². The van der Waals surface area contributed by atoms with E-state index in [1.807, 2.05) is 60.3 Å². The molecule has 0 bridgehead atoms. The number of nitrogens with one attached hydrogen (secondary N) is 1. The molecule has 0 spiro atoms. The Bertz CT molecular complexity index is 1630. The van der Waals surface area contributed by atoms with E-state index < -0.39 is 10.0 Å². The normalized spacial score (nSPS) is 11.8. The number of nitrogens with zero attached hydrogens (tertiary/aromatic N) is 4. The van der Waals surface area contributed by atoms with E-state index in [1.54, 1.807) is 6.07 Å². The number of imidazole rings is 1. The molecule has 0 aliphatic carbocycles. The molecule has 0 radical (unpaired) electrons. The maximum atomic E-state index is 13.3. The van der Waals surface area contributed by atoms with E-state index in [9.17, 15) is 8.42 Å². The topological polar surface area (TPSA) is 80.8 Å². The molecule has 10 heteroatoms. The molecule has 0 saturated heterocycles. The maximum Gasteiger partial charge on any atom is 0.270 e. The number of aryl methyl sites for hydroxylation is 1. The van der Waals surface area contributed by atoms with Gasteiger partial charge in [0, 0.05) is 5.02 Å². The molecule has 0 amide bonds. The predicted octanol–water partition coefficient (Wildman–Crippen LogP) is 4.99. The summed E-state index contributed by atoms with van der Waals surface area (Å²) in [5.74, 6) is 0.424. The molecule has 0 aliphatic rings. The Kier molecular flexibility index (Phi) is 5.44. The molecule has 2 heterocycles. The number of aromatic nitrogens is 4. The molecule has 0 fully saturated rings. The van der Waals surface area contributed by atoms with Gasteiger partial charge >= 0.3 is 0 Å². The van der Waals surface area contributed by atoms with Gasteiger partial charge in [-0.25, -0.2) is 23.0 Å². The number of para-hydroxylation sites is 4. The van der Waals surface area contributed by atoms with Crippen molar-refractivity contribution >= 4 is 61.1 Å². The molecule has 166 valence electrons. The van der Waals surface area contributed by atoms with Crippen molar-refractivity contribution in [1.29, 1.82) is 0 Å². The van der Waals surface area contributed by atoms with Crippen molar-refractivity contribution in [2.24, 2.45) is 0 Å². The first-order valence-corrected chi connectivity index (χ1v) is 12.4. The fourth-order valence-corrected chi connectivity index (χ4v) is 5.46. The van der Waals surface area contributed by atoms with Crippen LogP contribution in [0.5, 0.6) is 0 Å². The molecule has 2 aromatic heterocycles. The first-order valence-electron chi connectivity index (χ1n) is 10.1. The molecule has 5 aromatic rings. The van der Waals surface area contributed by atoms with Crippen molar-refractivity contribution in [3.8, 4) is 5.82 Å². The fourth-order valence-electron chi connectivity index (χ4n) is 3.69. The minimum absolute atomic E-state index is 0.0532. The average molecular weight is 499 g/mol. The number of halogens is 2. The van der Waals surface area contributed by atoms with Crippen LogP contribution >= 0.6 is 23.2 Å². The monoisotopic (exact) mass is 498 g/mol. The Morgan fingerprint density at radius 1 is 0.970 bits per heavy atom. The van der Waals surface area contributed by atoms with E-state index in [0.717, 1.165) is 17.6 Å². The number of hydrogen-bond acceptors (Lipinski definition) is 4. The van der Waals surface area contributed by atoms with E-state index in [4.69, 9.17) is 28.2 Å². The molecule has 0 unspecified atom stereocenters. The van der Waals surface area contributed by atoms with Crippen molar-refractivity contribution in [1.82, 2.24) is 14.5 Å². The third kappa shape index (κ3) is 3.90. The predicted molar refractivity (Wildman–Crippen MR) is 130 cm³/mol. The molecular weight excluding hydrogens is 481 g/mol. The highest BCUT2D eigenvalue weighted by Crippen LogP contribution is 2.29. The molecule has 3 aromatic carbocycles. The minimum Gasteiger partial charge on any atom is -0.258 e. The number of benzene rings is 3. The van der Waals surface area contributed by atoms with E-state index in [-0.39, 0.29) is 20.8 Å². The van der Waals surface area contributed by atoms with Crippen molar-refractivity contribution in [3.05, 3.63) is 83.1 Å². The van der Waals surface area contributed by atoms with Crippen LogP contribution in [0.2, 0.25) is 10.0 Å². The SMILES string of the molecule is CC[n+]1cn(-c2nc3ccccc3nc2NS(=O)(=O)c2cc(Cl)ccc2Cl)c2ccccc21. The zero-order valence-electron chi connectivity index (χ0n) is 17.4. The summed E-state index contributed by atoms with van der Waals surface area (Å²) in [6.07, 6.45) is 1.88. The van der Waals surface area contributed by atoms with Gasteiger partial charge in [0.2, 0.25) is 5.82 Å². The van der Waals surface area contributed by atoms with Gasteiger partial charge in [0.15, 0.2) is 11.0 Å². The van der Waals surface area contributed by atoms with Crippen LogP contribution in [-0.4, -0.2) is 23.0 Å². The minimum atomic E-state index is -4.11. The zero-order valence-corrected chi connectivity index (χ0v) is 19.7. The van der Waals surface area contributed by atoms with Crippen LogP contribution in [0.4, 0.5) is 5.82 Å². The highest BCUT2D eigenvalue weighted by atomic mass is 35.5. The van der Waals surface area contributed by atoms with E-state index >= 15 is 0 Å². The summed E-state index contributed by atoms with van der Waals surface area (Å²) in [6.45, 7) is 2.77. The number of rotatable bonds is 5. The molecule has 7 nitrogen and oxygen atoms in total. The Balaban J connectivity index is 1.75. The van der Waals surface area contributed by atoms with Gasteiger partial charge in [0.05, 0.1) is 22.6 Å². The van der Waals surface area contributed by atoms with Gasteiger partial charge in [0.1, 0.15) is 4.90 Å². The van der Waals surface area contributed by atoms with Crippen LogP contribution in [0.15, 0.2) is 78.0 Å². The first kappa shape index (κ1) is 21.6. The summed E-state index contributed by atoms with van der Waals surface area (Å²) < 4.78 is 33.0. The van der Waals surface area contributed by atoms with Crippen LogP contribution < -0.4 is 9.29 Å². The summed E-state index contributed by atoms with van der Waals surface area (Å²) in [5, 5.41) is 0.308. The lowest BCUT2D eigenvalue weighted by atomic mass is 10.3. The average Bonchev–Trinajstić information content (AvgIpc) is 3.18. The smallest absolute Gasteiger partial charge is 0.258 e. The molecule has 1 N–H and O–H groups in total. The molecule has 0 saturated carbocycles. The molecule has 0 aliphatic heterocycles. The molecule has 0 atom stereocenters. The lowest BCUT2D eigenvalue weighted by Gasteiger charge is -2.12. The summed E-state index contributed by atoms with van der Waals surface area (Å²) in [5.41, 5.74) is 3.04. The number of sulfonamides is 1. The molecule has 5 rings (SSSR count). The maximum absolute atomic E-state index is 13.3. The van der Waals surface area contributed by atoms with Crippen molar-refractivity contribution in [3.63, 3.8) is 0 Å². The van der Waals surface area contributed by atoms with Gasteiger partial charge in [-0.1, -0.05) is 47.5 Å². The number of fused-ring (bicyclic) bond motifs is 2. The van der Waals surface area contributed by atoms with Crippen LogP contribution in [0.1, 0.15) is 6.92 Å². The lowest BCUT2D eigenvalue weighted by Crippen LogP contribution is -2.30. The highest BCUT2D eigenvalue weighted by molar-refractivity contribution is 7.92. The number of hydrogen-bond donors (Lipinski definition) is 1. The highest BCUT2D eigenvalue weighted by Gasteiger charge is 2.26. The third-order valence-electron chi connectivity index (χ3n) is 5.24. The largest absolute Gasteiger partial charge is 0.270 e. The quantitative estimate of drug-likeness (QED) is 0.346. The van der Waals surface area contributed by atoms with Crippen molar-refractivity contribution in [2.75, 3.05) is 4.72 Å². The van der Waals surface area contributed by atoms with Crippen molar-refractivity contribution in [2.45, 2.75) is 18.4 Å². The fraction of sp³-hybridized carbons (Fsp3) is 0.0870. The Morgan fingerprint density at radius 3 is 2.42 bits per heavy atom. The van der Waals surface area contributed by atoms with Gasteiger partial charge in [-0.15, -0.1) is 0 Å². The second kappa shape index (κ2) is 8.30. The summed E-state index contributed by atoms with van der Waals surface area (Å²) >= 11 is 12.2. The first-order chi connectivity index (χ1) is 15.9. The van der Waals surface area contributed by atoms with Crippen molar-refractivity contribution < 1.29 is 13.0 Å². The molecular formula is C23H18Cl2N5O2S+. The van der Waals surface area contributed by atoms with Gasteiger partial charge in [0.25, 0.3) is 22.2 Å². The van der Waals surface area contributed by atoms with Crippen LogP contribution in [0.3, 0.4) is 0 Å². The summed E-state index contributed by atoms with van der Waals surface area (Å²) in [4.78, 5) is 9.22. The second-order valence-electron chi connectivity index (χ2n) is 7.32. The van der Waals surface area contributed by atoms with E-state index in [2.05, 4.69) is 14.3 Å². The summed E-state index contributed by atoms with van der Waals surface area (Å²) in [7, 11) is -4.11. The van der Waals surface area contributed by atoms with Gasteiger partial charge in [-0.3, -0.25) is 4.72 Å². The summed E-state index contributed by atoms with van der Waals surface area (Å²) in [6, 6.07) is 19.4. The standard InChI is InChI=1S/C23H18Cl2N5O2S/c1-2-29-14-30(20-10-6-5-9-19(20)29)23-22(26-17-7-3-4-8-18(17)27-23)28-33(31,32)21-13-15(24)11-12-16(21)25/h3-14H,2H2,1H3,(H,26,28)/q+1. The Morgan fingerprint density at radius 2 is 1.67 bits per heavy atom. The zero-order chi connectivity index (χ0) is 23.2. The van der Waals surface area contributed by atoms with E-state index in [0.29, 0.717) is 16.9 Å². The lowest BCUT2D eigenvalue weighted by molar-refractivity contribution is -0.668. The van der Waals surface area contributed by atoms with Gasteiger partial charge in [-0.2, -0.15) is 4.57 Å². The molecule has 33 heavy (non-hydrogen) atoms. The second-order valence-corrected chi connectivity index (χ2v) is 9.82. The Labute approximate surface area is 200 Å². The van der Waals surface area contributed by atoms with E-state index in [1.165, 1.54) is 18.2 Å².